The summed E-state index contributed by atoms with van der Waals surface area (Å²) in [7, 11) is 0. The number of ether oxygens (including phenoxy) is 1. The fraction of sp³-hybridized carbons (Fsp3) is 0.250. The van der Waals surface area contributed by atoms with Crippen LogP contribution in [-0.2, 0) is 5.41 Å². The van der Waals surface area contributed by atoms with Crippen LogP contribution in [0, 0.1) is 11.3 Å². The highest BCUT2D eigenvalue weighted by molar-refractivity contribution is 5.37. The van der Waals surface area contributed by atoms with Gasteiger partial charge in [0, 0.05) is 12.3 Å². The zero-order valence-electron chi connectivity index (χ0n) is 11.3. The summed E-state index contributed by atoms with van der Waals surface area (Å²) in [6.07, 6.45) is 1.57. The van der Waals surface area contributed by atoms with E-state index in [9.17, 15) is 0 Å². The second-order valence-corrected chi connectivity index (χ2v) is 5.37. The topological polar surface area (TPSA) is 45.9 Å². The highest BCUT2D eigenvalue weighted by Gasteiger charge is 2.14. The number of hydrogen-bond donors (Lipinski definition) is 0. The molecule has 0 bridgehead atoms. The Hall–Kier alpha value is -2.34. The molecular formula is C16H16N2O. The summed E-state index contributed by atoms with van der Waals surface area (Å²) >= 11 is 0. The van der Waals surface area contributed by atoms with Crippen LogP contribution >= 0.6 is 0 Å². The molecule has 2 aromatic rings. The van der Waals surface area contributed by atoms with Gasteiger partial charge in [-0.3, -0.25) is 0 Å². The van der Waals surface area contributed by atoms with Crippen LogP contribution in [0.15, 0.2) is 42.6 Å². The first-order valence-electron chi connectivity index (χ1n) is 6.13. The third-order valence-electron chi connectivity index (χ3n) is 2.78. The van der Waals surface area contributed by atoms with E-state index in [1.807, 2.05) is 24.3 Å². The van der Waals surface area contributed by atoms with Gasteiger partial charge in [0.2, 0.25) is 0 Å². The molecule has 1 heterocycles. The molecule has 1 aromatic heterocycles. The average molecular weight is 252 g/mol. The average Bonchev–Trinajstić information content (AvgIpc) is 2.38. The minimum absolute atomic E-state index is 0.0788. The molecule has 0 radical (unpaired) electrons. The van der Waals surface area contributed by atoms with Crippen LogP contribution in [0.3, 0.4) is 0 Å². The summed E-state index contributed by atoms with van der Waals surface area (Å²) in [5.41, 5.74) is 1.64. The first-order chi connectivity index (χ1) is 8.99. The minimum Gasteiger partial charge on any atom is -0.457 e. The second-order valence-electron chi connectivity index (χ2n) is 5.37. The van der Waals surface area contributed by atoms with Crippen LogP contribution in [0.25, 0.3) is 0 Å². The predicted molar refractivity (Wildman–Crippen MR) is 74.2 cm³/mol. The second kappa shape index (κ2) is 5.11. The number of pyridine rings is 1. The Morgan fingerprint density at radius 1 is 1.11 bits per heavy atom. The lowest BCUT2D eigenvalue weighted by molar-refractivity contribution is 0.477. The van der Waals surface area contributed by atoms with Gasteiger partial charge in [0.15, 0.2) is 0 Å². The van der Waals surface area contributed by atoms with Crippen LogP contribution in [0.5, 0.6) is 11.5 Å². The van der Waals surface area contributed by atoms with Crippen molar-refractivity contribution in [3.8, 4) is 17.6 Å². The molecule has 3 heteroatoms. The van der Waals surface area contributed by atoms with Crippen molar-refractivity contribution in [3.63, 3.8) is 0 Å². The van der Waals surface area contributed by atoms with Crippen molar-refractivity contribution in [3.05, 3.63) is 53.9 Å². The first-order valence-corrected chi connectivity index (χ1v) is 6.13. The van der Waals surface area contributed by atoms with Gasteiger partial charge in [-0.25, -0.2) is 4.98 Å². The molecular weight excluding hydrogens is 236 g/mol. The lowest BCUT2D eigenvalue weighted by Crippen LogP contribution is -2.10. The van der Waals surface area contributed by atoms with E-state index in [0.717, 1.165) is 5.75 Å². The third kappa shape index (κ3) is 3.32. The Morgan fingerprint density at radius 3 is 2.53 bits per heavy atom. The summed E-state index contributed by atoms with van der Waals surface area (Å²) in [6.45, 7) is 6.48. The number of aromatic nitrogens is 1. The van der Waals surface area contributed by atoms with Crippen molar-refractivity contribution in [2.75, 3.05) is 0 Å². The molecule has 0 amide bonds. The van der Waals surface area contributed by atoms with Gasteiger partial charge in [-0.2, -0.15) is 5.26 Å². The summed E-state index contributed by atoms with van der Waals surface area (Å²) in [6, 6.07) is 13.3. The van der Waals surface area contributed by atoms with Gasteiger partial charge in [0.25, 0.3) is 0 Å². The van der Waals surface area contributed by atoms with E-state index in [1.165, 1.54) is 5.56 Å². The summed E-state index contributed by atoms with van der Waals surface area (Å²) in [5.74, 6) is 1.39. The lowest BCUT2D eigenvalue weighted by Gasteiger charge is -2.19. The quantitative estimate of drug-likeness (QED) is 0.810. The van der Waals surface area contributed by atoms with Crippen molar-refractivity contribution < 1.29 is 4.74 Å². The Labute approximate surface area is 113 Å². The van der Waals surface area contributed by atoms with E-state index in [0.29, 0.717) is 11.4 Å². The van der Waals surface area contributed by atoms with Gasteiger partial charge < -0.3 is 4.74 Å². The summed E-state index contributed by atoms with van der Waals surface area (Å²) < 4.78 is 5.77. The zero-order valence-corrected chi connectivity index (χ0v) is 11.3. The normalized spacial score (nSPS) is 10.8. The van der Waals surface area contributed by atoms with E-state index in [4.69, 9.17) is 10.00 Å². The predicted octanol–water partition coefficient (Wildman–Crippen LogP) is 4.04. The van der Waals surface area contributed by atoms with Crippen molar-refractivity contribution in [1.82, 2.24) is 4.98 Å². The molecule has 2 rings (SSSR count). The molecule has 0 fully saturated rings. The molecule has 0 unspecified atom stereocenters. The van der Waals surface area contributed by atoms with E-state index in [-0.39, 0.29) is 5.41 Å². The molecule has 19 heavy (non-hydrogen) atoms. The van der Waals surface area contributed by atoms with Crippen LogP contribution in [-0.4, -0.2) is 4.98 Å². The van der Waals surface area contributed by atoms with Crippen LogP contribution in [0.4, 0.5) is 0 Å². The molecule has 0 saturated heterocycles. The highest BCUT2D eigenvalue weighted by atomic mass is 16.5. The summed E-state index contributed by atoms with van der Waals surface area (Å²) in [5, 5.41) is 8.81. The van der Waals surface area contributed by atoms with E-state index >= 15 is 0 Å². The molecule has 0 aliphatic heterocycles. The maximum atomic E-state index is 8.81. The van der Waals surface area contributed by atoms with Crippen molar-refractivity contribution in [2.24, 2.45) is 0 Å². The van der Waals surface area contributed by atoms with Gasteiger partial charge in [-0.15, -0.1) is 0 Å². The van der Waals surface area contributed by atoms with Gasteiger partial charge in [0.1, 0.15) is 23.3 Å². The standard InChI is InChI=1S/C16H16N2O/c1-16(2,3)12-5-4-6-14(9-12)19-15-7-8-18-13(10-15)11-17/h4-10H,1-3H3. The Balaban J connectivity index is 2.26. The van der Waals surface area contributed by atoms with Gasteiger partial charge >= 0.3 is 0 Å². The Bertz CT molecular complexity index is 621. The Morgan fingerprint density at radius 2 is 1.84 bits per heavy atom. The largest absolute Gasteiger partial charge is 0.457 e. The lowest BCUT2D eigenvalue weighted by atomic mass is 9.87. The van der Waals surface area contributed by atoms with E-state index in [2.05, 4.69) is 31.8 Å². The number of nitriles is 1. The van der Waals surface area contributed by atoms with Gasteiger partial charge in [-0.05, 0) is 29.2 Å². The van der Waals surface area contributed by atoms with Gasteiger partial charge in [-0.1, -0.05) is 32.9 Å². The minimum atomic E-state index is 0.0788. The van der Waals surface area contributed by atoms with Crippen molar-refractivity contribution >= 4 is 0 Å². The molecule has 0 N–H and O–H groups in total. The molecule has 0 aliphatic carbocycles. The maximum Gasteiger partial charge on any atom is 0.144 e. The van der Waals surface area contributed by atoms with Crippen molar-refractivity contribution in [2.45, 2.75) is 26.2 Å². The highest BCUT2D eigenvalue weighted by Crippen LogP contribution is 2.28. The molecule has 0 aliphatic rings. The van der Waals surface area contributed by atoms with Gasteiger partial charge in [0.05, 0.1) is 0 Å². The number of rotatable bonds is 2. The van der Waals surface area contributed by atoms with Crippen LogP contribution in [0.1, 0.15) is 32.0 Å². The van der Waals surface area contributed by atoms with E-state index < -0.39 is 0 Å². The zero-order chi connectivity index (χ0) is 13.9. The number of benzene rings is 1. The van der Waals surface area contributed by atoms with Crippen LogP contribution < -0.4 is 4.74 Å². The number of nitrogens with zero attached hydrogens (tertiary/aromatic N) is 2. The molecule has 96 valence electrons. The third-order valence-corrected chi connectivity index (χ3v) is 2.78. The first kappa shape index (κ1) is 13.1. The molecule has 0 saturated carbocycles. The monoisotopic (exact) mass is 252 g/mol. The molecule has 1 aromatic carbocycles. The van der Waals surface area contributed by atoms with Crippen molar-refractivity contribution in [1.29, 1.82) is 5.26 Å². The molecule has 3 nitrogen and oxygen atoms in total. The fourth-order valence-electron chi connectivity index (χ4n) is 1.70. The summed E-state index contributed by atoms with van der Waals surface area (Å²) in [4.78, 5) is 3.92. The molecule has 0 spiro atoms. The Kier molecular flexibility index (Phi) is 3.52. The van der Waals surface area contributed by atoms with Crippen LogP contribution in [0.2, 0.25) is 0 Å². The van der Waals surface area contributed by atoms with E-state index in [1.54, 1.807) is 18.3 Å². The fourth-order valence-corrected chi connectivity index (χ4v) is 1.70. The smallest absolute Gasteiger partial charge is 0.144 e. The number of hydrogen-bond acceptors (Lipinski definition) is 3. The molecule has 0 atom stereocenters. The SMILES string of the molecule is CC(C)(C)c1cccc(Oc2ccnc(C#N)c2)c1. The maximum absolute atomic E-state index is 8.81.